The fraction of sp³-hybridized carbons (Fsp3) is 0.0667. The highest BCUT2D eigenvalue weighted by molar-refractivity contribution is 7.87. The van der Waals surface area contributed by atoms with Crippen LogP contribution in [0.25, 0.3) is 0 Å². The number of ketones is 1. The molecule has 2 aromatic rings. The largest absolute Gasteiger partial charge is 0.379 e. The summed E-state index contributed by atoms with van der Waals surface area (Å²) in [4.78, 5) is 11.4. The molecule has 0 atom stereocenters. The van der Waals surface area contributed by atoms with Gasteiger partial charge in [0.15, 0.2) is 5.78 Å². The van der Waals surface area contributed by atoms with Crippen LogP contribution >= 0.6 is 0 Å². The van der Waals surface area contributed by atoms with E-state index in [1.807, 2.05) is 0 Å². The molecule has 0 radical (unpaired) electrons. The van der Waals surface area contributed by atoms with Gasteiger partial charge in [-0.3, -0.25) is 4.79 Å². The van der Waals surface area contributed by atoms with Crippen molar-refractivity contribution in [2.75, 3.05) is 0 Å². The van der Waals surface area contributed by atoms with Crippen molar-refractivity contribution in [3.8, 4) is 5.75 Å². The lowest BCUT2D eigenvalue weighted by Crippen LogP contribution is -2.14. The minimum Gasteiger partial charge on any atom is -0.379 e. The van der Waals surface area contributed by atoms with Crippen LogP contribution in [-0.2, 0) is 14.9 Å². The Bertz CT molecular complexity index is 797. The van der Waals surface area contributed by atoms with Gasteiger partial charge < -0.3 is 10.0 Å². The Labute approximate surface area is 128 Å². The monoisotopic (exact) mass is 318 g/mol. The van der Waals surface area contributed by atoms with Crippen LogP contribution in [0.15, 0.2) is 64.6 Å². The number of carbonyl (C=O) groups excluding carboxylic acids is 1. The summed E-state index contributed by atoms with van der Waals surface area (Å²) in [5, 5.41) is 3.42. The summed E-state index contributed by atoms with van der Waals surface area (Å²) in [6, 6.07) is 13.7. The van der Waals surface area contributed by atoms with Crippen LogP contribution in [0.2, 0.25) is 0 Å². The fourth-order valence-corrected chi connectivity index (χ4v) is 2.75. The molecule has 0 fully saturated rings. The molecular weight excluding hydrogens is 304 g/mol. The van der Waals surface area contributed by atoms with Crippen molar-refractivity contribution in [3.63, 3.8) is 0 Å². The molecule has 0 heterocycles. The second-order valence-electron chi connectivity index (χ2n) is 4.41. The maximum atomic E-state index is 12.1. The lowest BCUT2D eigenvalue weighted by Gasteiger charge is -2.08. The Morgan fingerprint density at radius 2 is 1.64 bits per heavy atom. The van der Waals surface area contributed by atoms with E-state index in [0.717, 1.165) is 0 Å². The van der Waals surface area contributed by atoms with E-state index in [-0.39, 0.29) is 22.1 Å². The molecule has 0 aliphatic carbocycles. The van der Waals surface area contributed by atoms with Crippen LogP contribution in [0.3, 0.4) is 0 Å². The second kappa shape index (κ2) is 6.40. The van der Waals surface area contributed by atoms with Crippen molar-refractivity contribution >= 4 is 21.6 Å². The van der Waals surface area contributed by atoms with Crippen LogP contribution in [0.5, 0.6) is 5.75 Å². The number of carbonyl (C=O) groups is 1. The number of nitrogens with zero attached hydrogens (tertiary/aromatic N) is 1. The summed E-state index contributed by atoms with van der Waals surface area (Å²) in [7, 11) is -3.89. The fourth-order valence-electron chi connectivity index (χ4n) is 1.80. The SMILES string of the molecule is CC(=O)/C(=N/N)c1ccc(OS(=O)(=O)c2ccccc2)cc1. The molecule has 2 N–H and O–H groups in total. The van der Waals surface area contributed by atoms with Gasteiger partial charge in [0.2, 0.25) is 0 Å². The molecule has 6 nitrogen and oxygen atoms in total. The number of hydrogen-bond donors (Lipinski definition) is 1. The lowest BCUT2D eigenvalue weighted by molar-refractivity contribution is -0.111. The van der Waals surface area contributed by atoms with Gasteiger partial charge in [0.1, 0.15) is 16.4 Å². The molecule has 0 spiro atoms. The summed E-state index contributed by atoms with van der Waals surface area (Å²) in [5.41, 5.74) is 0.594. The first kappa shape index (κ1) is 15.7. The minimum atomic E-state index is -3.89. The summed E-state index contributed by atoms with van der Waals surface area (Å²) < 4.78 is 29.2. The molecule has 22 heavy (non-hydrogen) atoms. The second-order valence-corrected chi connectivity index (χ2v) is 5.96. The molecule has 0 aliphatic rings. The molecule has 2 aromatic carbocycles. The number of nitrogens with two attached hydrogens (primary N) is 1. The average molecular weight is 318 g/mol. The van der Waals surface area contributed by atoms with Crippen molar-refractivity contribution in [2.45, 2.75) is 11.8 Å². The van der Waals surface area contributed by atoms with Gasteiger partial charge in [-0.25, -0.2) is 0 Å². The Balaban J connectivity index is 2.24. The van der Waals surface area contributed by atoms with Crippen LogP contribution in [0.1, 0.15) is 12.5 Å². The van der Waals surface area contributed by atoms with Gasteiger partial charge in [-0.2, -0.15) is 13.5 Å². The van der Waals surface area contributed by atoms with Gasteiger partial charge in [-0.15, -0.1) is 0 Å². The number of hydrogen-bond acceptors (Lipinski definition) is 6. The molecule has 114 valence electrons. The third kappa shape index (κ3) is 3.50. The molecule has 7 heteroatoms. The smallest absolute Gasteiger partial charge is 0.339 e. The Morgan fingerprint density at radius 1 is 1.05 bits per heavy atom. The van der Waals surface area contributed by atoms with Gasteiger partial charge in [0, 0.05) is 12.5 Å². The highest BCUT2D eigenvalue weighted by atomic mass is 32.2. The maximum Gasteiger partial charge on any atom is 0.339 e. The van der Waals surface area contributed by atoms with E-state index in [9.17, 15) is 13.2 Å². The third-order valence-corrected chi connectivity index (χ3v) is 4.09. The van der Waals surface area contributed by atoms with Crippen LogP contribution in [0, 0.1) is 0 Å². The Morgan fingerprint density at radius 3 is 2.14 bits per heavy atom. The standard InChI is InChI=1S/C15H14N2O4S/c1-11(18)15(17-16)12-7-9-13(10-8-12)21-22(19,20)14-5-3-2-4-6-14/h2-10H,16H2,1H3/b17-15-. The highest BCUT2D eigenvalue weighted by Crippen LogP contribution is 2.19. The van der Waals surface area contributed by atoms with Crippen molar-refractivity contribution < 1.29 is 17.4 Å². The zero-order chi connectivity index (χ0) is 16.2. The molecule has 0 bridgehead atoms. The van der Waals surface area contributed by atoms with Crippen molar-refractivity contribution in [1.82, 2.24) is 0 Å². The van der Waals surface area contributed by atoms with E-state index in [4.69, 9.17) is 10.0 Å². The van der Waals surface area contributed by atoms with E-state index >= 15 is 0 Å². The highest BCUT2D eigenvalue weighted by Gasteiger charge is 2.16. The van der Waals surface area contributed by atoms with Crippen LogP contribution < -0.4 is 10.0 Å². The summed E-state index contributed by atoms with van der Waals surface area (Å²) in [6.45, 7) is 1.34. The van der Waals surface area contributed by atoms with E-state index in [2.05, 4.69) is 5.10 Å². The maximum absolute atomic E-state index is 12.1. The van der Waals surface area contributed by atoms with Crippen LogP contribution in [0.4, 0.5) is 0 Å². The number of benzene rings is 2. The first-order valence-electron chi connectivity index (χ1n) is 6.33. The zero-order valence-electron chi connectivity index (χ0n) is 11.8. The molecule has 0 unspecified atom stereocenters. The number of Topliss-reactive ketones (excluding diaryl/α,β-unsaturated/α-hetero) is 1. The molecule has 0 aliphatic heterocycles. The van der Waals surface area contributed by atoms with Gasteiger partial charge in [0.25, 0.3) is 0 Å². The molecule has 0 aromatic heterocycles. The number of rotatable bonds is 5. The molecular formula is C15H14N2O4S. The Kier molecular flexibility index (Phi) is 4.57. The topological polar surface area (TPSA) is 98.8 Å². The Hall–Kier alpha value is -2.67. The van der Waals surface area contributed by atoms with E-state index in [1.165, 1.54) is 43.3 Å². The van der Waals surface area contributed by atoms with Crippen molar-refractivity contribution in [3.05, 3.63) is 60.2 Å². The van der Waals surface area contributed by atoms with Crippen LogP contribution in [-0.4, -0.2) is 19.9 Å². The molecule has 2 rings (SSSR count). The molecule has 0 amide bonds. The van der Waals surface area contributed by atoms with Gasteiger partial charge in [-0.05, 0) is 36.4 Å². The third-order valence-electron chi connectivity index (χ3n) is 2.83. The quantitative estimate of drug-likeness (QED) is 0.391. The van der Waals surface area contributed by atoms with E-state index in [0.29, 0.717) is 5.56 Å². The van der Waals surface area contributed by atoms with E-state index in [1.54, 1.807) is 18.2 Å². The summed E-state index contributed by atoms with van der Waals surface area (Å²) >= 11 is 0. The number of hydrazone groups is 1. The van der Waals surface area contributed by atoms with Gasteiger partial charge >= 0.3 is 10.1 Å². The predicted octanol–water partition coefficient (Wildman–Crippen LogP) is 1.71. The van der Waals surface area contributed by atoms with Crippen molar-refractivity contribution in [2.24, 2.45) is 10.9 Å². The minimum absolute atomic E-state index is 0.0621. The normalized spacial score (nSPS) is 12.0. The van der Waals surface area contributed by atoms with Gasteiger partial charge in [-0.1, -0.05) is 18.2 Å². The summed E-state index contributed by atoms with van der Waals surface area (Å²) in [6.07, 6.45) is 0. The lowest BCUT2D eigenvalue weighted by atomic mass is 10.1. The first-order valence-corrected chi connectivity index (χ1v) is 7.73. The van der Waals surface area contributed by atoms with E-state index < -0.39 is 10.1 Å². The predicted molar refractivity (Wildman–Crippen MR) is 82.1 cm³/mol. The average Bonchev–Trinajstić information content (AvgIpc) is 2.50. The molecule has 0 saturated heterocycles. The van der Waals surface area contributed by atoms with Crippen molar-refractivity contribution in [1.29, 1.82) is 0 Å². The molecule has 0 saturated carbocycles. The van der Waals surface area contributed by atoms with Gasteiger partial charge in [0.05, 0.1) is 0 Å². The first-order chi connectivity index (χ1) is 10.4. The summed E-state index contributed by atoms with van der Waals surface area (Å²) in [5.74, 6) is 5.01. The zero-order valence-corrected chi connectivity index (χ0v) is 12.6.